The summed E-state index contributed by atoms with van der Waals surface area (Å²) in [6.07, 6.45) is 2.37. The number of morpholine rings is 1. The largest absolute Gasteiger partial charge is 0.375 e. The highest BCUT2D eigenvalue weighted by Crippen LogP contribution is 2.37. The lowest BCUT2D eigenvalue weighted by atomic mass is 9.94. The van der Waals surface area contributed by atoms with Gasteiger partial charge in [-0.05, 0) is 43.2 Å². The molecule has 0 spiro atoms. The summed E-state index contributed by atoms with van der Waals surface area (Å²) in [7, 11) is 0. The van der Waals surface area contributed by atoms with Crippen LogP contribution < -0.4 is 10.6 Å². The summed E-state index contributed by atoms with van der Waals surface area (Å²) in [5, 5.41) is 6.68. The number of hydrogen-bond donors (Lipinski definition) is 2. The zero-order valence-corrected chi connectivity index (χ0v) is 19.9. The minimum absolute atomic E-state index is 0.0790. The van der Waals surface area contributed by atoms with Crippen molar-refractivity contribution in [2.75, 3.05) is 19.7 Å². The van der Waals surface area contributed by atoms with E-state index in [1.807, 2.05) is 18.2 Å². The van der Waals surface area contributed by atoms with Gasteiger partial charge >= 0.3 is 6.03 Å². The highest BCUT2D eigenvalue weighted by molar-refractivity contribution is 7.19. The van der Waals surface area contributed by atoms with Crippen LogP contribution in [0.1, 0.15) is 22.9 Å². The number of rotatable bonds is 5. The molecule has 1 unspecified atom stereocenters. The lowest BCUT2D eigenvalue weighted by Crippen LogP contribution is -2.39. The molecule has 2 aliphatic rings. The van der Waals surface area contributed by atoms with Crippen molar-refractivity contribution in [3.63, 3.8) is 0 Å². The van der Waals surface area contributed by atoms with Crippen LogP contribution in [0.3, 0.4) is 0 Å². The Morgan fingerprint density at radius 3 is 2.85 bits per heavy atom. The SMILES string of the molecule is Cc1cc(Cl)cc(-c2ncnc3cc(CN4C(=O)NC(C)C4=O)sc23)c1C[C@@H]1CNCCO1. The van der Waals surface area contributed by atoms with Crippen LogP contribution in [0.2, 0.25) is 5.02 Å². The maximum Gasteiger partial charge on any atom is 0.325 e. The zero-order valence-electron chi connectivity index (χ0n) is 18.4. The number of urea groups is 1. The Hall–Kier alpha value is -2.59. The number of aromatic nitrogens is 2. The van der Waals surface area contributed by atoms with Crippen LogP contribution in [0.25, 0.3) is 21.5 Å². The predicted octanol–water partition coefficient (Wildman–Crippen LogP) is 3.29. The summed E-state index contributed by atoms with van der Waals surface area (Å²) in [6.45, 7) is 6.30. The summed E-state index contributed by atoms with van der Waals surface area (Å²) >= 11 is 7.95. The Labute approximate surface area is 200 Å². The number of nitrogens with zero attached hydrogens (tertiary/aromatic N) is 3. The van der Waals surface area contributed by atoms with E-state index in [9.17, 15) is 9.59 Å². The molecule has 0 aliphatic carbocycles. The third-order valence-electron chi connectivity index (χ3n) is 6.03. The Balaban J connectivity index is 1.54. The standard InChI is InChI=1S/C23H24ClN5O3S/c1-12-5-14(24)6-18(17(12)7-15-9-25-3-4-32-15)20-21-19(26-11-27-20)8-16(33-21)10-29-22(30)13(2)28-23(29)31/h5-6,8,11,13,15,25H,3-4,7,9-10H2,1-2H3,(H,28,31)/t13?,15-/m1/s1. The number of carbonyl (C=O) groups is 2. The van der Waals surface area contributed by atoms with Crippen LogP contribution in [0.5, 0.6) is 0 Å². The second-order valence-electron chi connectivity index (χ2n) is 8.39. The van der Waals surface area contributed by atoms with Crippen molar-refractivity contribution in [2.45, 2.75) is 39.0 Å². The van der Waals surface area contributed by atoms with E-state index in [0.717, 1.165) is 57.0 Å². The predicted molar refractivity (Wildman–Crippen MR) is 127 cm³/mol. The molecule has 10 heteroatoms. The highest BCUT2D eigenvalue weighted by atomic mass is 35.5. The van der Waals surface area contributed by atoms with E-state index in [1.54, 1.807) is 13.3 Å². The van der Waals surface area contributed by atoms with Crippen molar-refractivity contribution in [1.82, 2.24) is 25.5 Å². The fourth-order valence-corrected chi connectivity index (χ4v) is 5.75. The van der Waals surface area contributed by atoms with Crippen molar-refractivity contribution in [1.29, 1.82) is 0 Å². The first-order valence-corrected chi connectivity index (χ1v) is 12.1. The number of carbonyl (C=O) groups excluding carboxylic acids is 2. The quantitative estimate of drug-likeness (QED) is 0.538. The fraction of sp³-hybridized carbons (Fsp3) is 0.391. The third-order valence-corrected chi connectivity index (χ3v) is 7.36. The zero-order chi connectivity index (χ0) is 23.1. The van der Waals surface area contributed by atoms with Gasteiger partial charge in [0.1, 0.15) is 12.4 Å². The van der Waals surface area contributed by atoms with Crippen LogP contribution in [0, 0.1) is 6.92 Å². The molecule has 8 nitrogen and oxygen atoms in total. The average molecular weight is 486 g/mol. The molecule has 172 valence electrons. The summed E-state index contributed by atoms with van der Waals surface area (Å²) in [5.41, 5.74) is 4.76. The van der Waals surface area contributed by atoms with Crippen LogP contribution >= 0.6 is 22.9 Å². The van der Waals surface area contributed by atoms with Crippen LogP contribution in [-0.4, -0.2) is 58.6 Å². The second kappa shape index (κ2) is 8.98. The van der Waals surface area contributed by atoms with Gasteiger partial charge in [-0.1, -0.05) is 11.6 Å². The second-order valence-corrected chi connectivity index (χ2v) is 9.97. The lowest BCUT2D eigenvalue weighted by Gasteiger charge is -2.25. The van der Waals surface area contributed by atoms with Gasteiger partial charge in [0.25, 0.3) is 5.91 Å². The van der Waals surface area contributed by atoms with Gasteiger partial charge in [0.05, 0.1) is 35.2 Å². The molecule has 2 aliphatic heterocycles. The van der Waals surface area contributed by atoms with Gasteiger partial charge in [-0.15, -0.1) is 11.3 Å². The van der Waals surface area contributed by atoms with E-state index < -0.39 is 6.04 Å². The van der Waals surface area contributed by atoms with Crippen molar-refractivity contribution in [2.24, 2.45) is 0 Å². The molecule has 3 amide bonds. The molecule has 2 fully saturated rings. The molecule has 2 aromatic heterocycles. The molecular formula is C23H24ClN5O3S. The summed E-state index contributed by atoms with van der Waals surface area (Å²) in [5.74, 6) is -0.224. The number of fused-ring (bicyclic) bond motifs is 1. The molecule has 0 bridgehead atoms. The van der Waals surface area contributed by atoms with E-state index >= 15 is 0 Å². The minimum Gasteiger partial charge on any atom is -0.375 e. The van der Waals surface area contributed by atoms with Gasteiger partial charge in [0, 0.05) is 35.0 Å². The average Bonchev–Trinajstić information content (AvgIpc) is 3.31. The van der Waals surface area contributed by atoms with Crippen molar-refractivity contribution in [3.05, 3.63) is 45.6 Å². The van der Waals surface area contributed by atoms with Gasteiger partial charge < -0.3 is 15.4 Å². The van der Waals surface area contributed by atoms with Gasteiger partial charge in [0.2, 0.25) is 0 Å². The Kier molecular flexibility index (Phi) is 6.05. The van der Waals surface area contributed by atoms with Gasteiger partial charge in [-0.3, -0.25) is 9.69 Å². The molecule has 1 aromatic carbocycles. The molecule has 2 N–H and O–H groups in total. The molecular weight excluding hydrogens is 462 g/mol. The van der Waals surface area contributed by atoms with Crippen molar-refractivity contribution in [3.8, 4) is 11.3 Å². The number of amides is 3. The smallest absolute Gasteiger partial charge is 0.325 e. The van der Waals surface area contributed by atoms with Gasteiger partial charge in [-0.25, -0.2) is 14.8 Å². The highest BCUT2D eigenvalue weighted by Gasteiger charge is 2.35. The Bertz CT molecular complexity index is 1240. The number of halogens is 1. The van der Waals surface area contributed by atoms with E-state index in [2.05, 4.69) is 27.5 Å². The minimum atomic E-state index is -0.504. The number of imide groups is 1. The molecule has 0 radical (unpaired) electrons. The molecule has 3 aromatic rings. The van der Waals surface area contributed by atoms with Crippen molar-refractivity contribution >= 4 is 45.1 Å². The van der Waals surface area contributed by atoms with E-state index in [4.69, 9.17) is 16.3 Å². The van der Waals surface area contributed by atoms with Gasteiger partial charge in [-0.2, -0.15) is 0 Å². The monoisotopic (exact) mass is 485 g/mol. The third kappa shape index (κ3) is 4.33. The summed E-state index contributed by atoms with van der Waals surface area (Å²) in [6, 6.07) is 4.95. The summed E-state index contributed by atoms with van der Waals surface area (Å²) in [4.78, 5) is 35.6. The van der Waals surface area contributed by atoms with Crippen LogP contribution in [0.15, 0.2) is 24.5 Å². The number of nitrogens with one attached hydrogen (secondary N) is 2. The molecule has 4 heterocycles. The molecule has 2 atom stereocenters. The first-order chi connectivity index (χ1) is 15.9. The topological polar surface area (TPSA) is 96.5 Å². The first-order valence-electron chi connectivity index (χ1n) is 10.9. The molecule has 33 heavy (non-hydrogen) atoms. The van der Waals surface area contributed by atoms with Gasteiger partial charge in [0.15, 0.2) is 0 Å². The van der Waals surface area contributed by atoms with Crippen molar-refractivity contribution < 1.29 is 14.3 Å². The first kappa shape index (κ1) is 22.2. The van der Waals surface area contributed by atoms with Crippen LogP contribution in [-0.2, 0) is 22.5 Å². The normalized spacial score (nSPS) is 21.1. The maximum absolute atomic E-state index is 12.3. The van der Waals surface area contributed by atoms with E-state index in [-0.39, 0.29) is 24.6 Å². The molecule has 0 saturated carbocycles. The number of benzene rings is 1. The Morgan fingerprint density at radius 2 is 2.12 bits per heavy atom. The van der Waals surface area contributed by atoms with E-state index in [1.165, 1.54) is 16.2 Å². The number of aryl methyl sites for hydroxylation is 1. The number of hydrogen-bond acceptors (Lipinski definition) is 7. The number of thiophene rings is 1. The van der Waals surface area contributed by atoms with E-state index in [0.29, 0.717) is 11.6 Å². The number of ether oxygens (including phenoxy) is 1. The fourth-order valence-electron chi connectivity index (χ4n) is 4.37. The molecule has 2 saturated heterocycles. The maximum atomic E-state index is 12.3. The Morgan fingerprint density at radius 1 is 1.27 bits per heavy atom. The molecule has 5 rings (SSSR count). The van der Waals surface area contributed by atoms with Crippen LogP contribution in [0.4, 0.5) is 4.79 Å². The lowest BCUT2D eigenvalue weighted by molar-refractivity contribution is -0.127. The summed E-state index contributed by atoms with van der Waals surface area (Å²) < 4.78 is 6.85.